The maximum Gasteiger partial charge on any atom is 0.146 e. The van der Waals surface area contributed by atoms with Gasteiger partial charge in [-0.1, -0.05) is 6.92 Å². The predicted octanol–water partition coefficient (Wildman–Crippen LogP) is 0.0549. The number of piperidine rings is 1. The zero-order valence-electron chi connectivity index (χ0n) is 24.6. The lowest BCUT2D eigenvalue weighted by molar-refractivity contribution is -0.145. The van der Waals surface area contributed by atoms with E-state index in [1.807, 2.05) is 7.05 Å². The molecule has 0 amide bonds. The number of likely N-dealkylation sites (N-methyl/N-ethyl adjacent to an activating group) is 1. The van der Waals surface area contributed by atoms with Crippen LogP contribution in [0, 0.1) is 23.7 Å². The smallest absolute Gasteiger partial charge is 0.146 e. The van der Waals surface area contributed by atoms with Crippen LogP contribution in [0.1, 0.15) is 45.4 Å². The largest absolute Gasteiger partial charge is 0.377 e. The van der Waals surface area contributed by atoms with Gasteiger partial charge in [0.25, 0.3) is 0 Å². The number of hydrogen-bond acceptors (Lipinski definition) is 10. The van der Waals surface area contributed by atoms with Gasteiger partial charge in [-0.2, -0.15) is 0 Å². The van der Waals surface area contributed by atoms with Crippen LogP contribution >= 0.6 is 0 Å². The monoisotopic (exact) mass is 537 g/mol. The summed E-state index contributed by atoms with van der Waals surface area (Å²) in [6.45, 7) is 6.09. The number of aliphatic hydroxyl groups is 1. The molecule has 38 heavy (non-hydrogen) atoms. The first kappa shape index (κ1) is 29.1. The van der Waals surface area contributed by atoms with Gasteiger partial charge in [0.15, 0.2) is 0 Å². The van der Waals surface area contributed by atoms with Crippen LogP contribution in [0.4, 0.5) is 0 Å². The van der Waals surface area contributed by atoms with Crippen LogP contribution in [-0.2, 0) is 9.47 Å². The molecule has 0 bridgehead atoms. The van der Waals surface area contributed by atoms with Crippen LogP contribution in [0.3, 0.4) is 0 Å². The summed E-state index contributed by atoms with van der Waals surface area (Å²) in [4.78, 5) is 5.13. The number of nitrogens with zero attached hydrogens (tertiary/aromatic N) is 3. The Morgan fingerprint density at radius 3 is 2.53 bits per heavy atom. The van der Waals surface area contributed by atoms with Crippen molar-refractivity contribution in [2.45, 2.75) is 94.2 Å². The Balaban J connectivity index is 1.30. The van der Waals surface area contributed by atoms with Crippen molar-refractivity contribution in [2.75, 3.05) is 61.7 Å². The Morgan fingerprint density at radius 2 is 1.84 bits per heavy atom. The Hall–Kier alpha value is -0.400. The third-order valence-electron chi connectivity index (χ3n) is 10.8. The third-order valence-corrected chi connectivity index (χ3v) is 10.8. The first-order valence-corrected chi connectivity index (χ1v) is 15.2. The van der Waals surface area contributed by atoms with Gasteiger partial charge in [-0.25, -0.2) is 5.01 Å². The molecule has 0 aromatic heterocycles. The first-order valence-electron chi connectivity index (χ1n) is 15.2. The molecule has 0 spiro atoms. The molecule has 5 aliphatic rings. The molecule has 10 nitrogen and oxygen atoms in total. The third kappa shape index (κ3) is 5.95. The fraction of sp³-hybridized carbons (Fsp3) is 1.00. The summed E-state index contributed by atoms with van der Waals surface area (Å²) >= 11 is 0. The van der Waals surface area contributed by atoms with Crippen LogP contribution in [-0.4, -0.2) is 130 Å². The highest BCUT2D eigenvalue weighted by Crippen LogP contribution is 2.42. The SMILES string of the molecule is CNC(O)C1NC(C2CC3CN(C)NC3C(C)C2OCOC)NC2CCC(N3CCC(N(C)C)CC3)CC21. The fourth-order valence-corrected chi connectivity index (χ4v) is 8.72. The maximum absolute atomic E-state index is 11.2. The summed E-state index contributed by atoms with van der Waals surface area (Å²) in [5, 5.41) is 24.6. The zero-order valence-corrected chi connectivity index (χ0v) is 24.6. The quantitative estimate of drug-likeness (QED) is 0.274. The van der Waals surface area contributed by atoms with Crippen molar-refractivity contribution in [1.82, 2.24) is 36.2 Å². The molecule has 11 atom stereocenters. The van der Waals surface area contributed by atoms with E-state index in [2.05, 4.69) is 64.3 Å². The van der Waals surface area contributed by atoms with Gasteiger partial charge in [-0.3, -0.25) is 21.4 Å². The molecular formula is C28H55N7O3. The van der Waals surface area contributed by atoms with E-state index in [9.17, 15) is 5.11 Å². The molecule has 220 valence electrons. The predicted molar refractivity (Wildman–Crippen MR) is 149 cm³/mol. The minimum Gasteiger partial charge on any atom is -0.377 e. The van der Waals surface area contributed by atoms with Crippen molar-refractivity contribution in [1.29, 1.82) is 0 Å². The molecule has 2 aliphatic carbocycles. The van der Waals surface area contributed by atoms with E-state index in [4.69, 9.17) is 9.47 Å². The van der Waals surface area contributed by atoms with Crippen molar-refractivity contribution in [3.05, 3.63) is 0 Å². The number of likely N-dealkylation sites (tertiary alicyclic amines) is 1. The van der Waals surface area contributed by atoms with Crippen LogP contribution in [0.15, 0.2) is 0 Å². The molecule has 3 aliphatic heterocycles. The molecule has 0 radical (unpaired) electrons. The number of fused-ring (bicyclic) bond motifs is 2. The van der Waals surface area contributed by atoms with E-state index in [1.54, 1.807) is 7.11 Å². The van der Waals surface area contributed by atoms with Gasteiger partial charge in [0.05, 0.1) is 18.3 Å². The first-order chi connectivity index (χ1) is 18.3. The van der Waals surface area contributed by atoms with Gasteiger partial charge in [-0.15, -0.1) is 0 Å². The molecule has 2 saturated carbocycles. The van der Waals surface area contributed by atoms with Gasteiger partial charge < -0.3 is 24.4 Å². The second kappa shape index (κ2) is 12.6. The average Bonchev–Trinajstić information content (AvgIpc) is 3.31. The lowest BCUT2D eigenvalue weighted by atomic mass is 9.68. The van der Waals surface area contributed by atoms with Crippen molar-refractivity contribution in [2.24, 2.45) is 23.7 Å². The van der Waals surface area contributed by atoms with E-state index in [0.29, 0.717) is 54.6 Å². The Labute approximate surface area is 230 Å². The molecule has 3 heterocycles. The molecule has 0 aromatic carbocycles. The summed E-state index contributed by atoms with van der Waals surface area (Å²) < 4.78 is 11.7. The van der Waals surface area contributed by atoms with Crippen LogP contribution in [0.5, 0.6) is 0 Å². The van der Waals surface area contributed by atoms with Crippen molar-refractivity contribution in [3.8, 4) is 0 Å². The van der Waals surface area contributed by atoms with Gasteiger partial charge in [-0.05, 0) is 90.5 Å². The number of ether oxygens (including phenoxy) is 2. The van der Waals surface area contributed by atoms with E-state index >= 15 is 0 Å². The van der Waals surface area contributed by atoms with Crippen molar-refractivity contribution < 1.29 is 14.6 Å². The van der Waals surface area contributed by atoms with Gasteiger partial charge >= 0.3 is 0 Å². The highest BCUT2D eigenvalue weighted by Gasteiger charge is 2.52. The summed E-state index contributed by atoms with van der Waals surface area (Å²) in [5.74, 6) is 1.67. The van der Waals surface area contributed by atoms with Crippen LogP contribution in [0.2, 0.25) is 0 Å². The zero-order chi connectivity index (χ0) is 27.0. The van der Waals surface area contributed by atoms with E-state index in [1.165, 1.54) is 32.4 Å². The minimum atomic E-state index is -0.572. The number of hydrazine groups is 1. The topological polar surface area (TPSA) is 96.5 Å². The summed E-state index contributed by atoms with van der Waals surface area (Å²) in [6, 6.07) is 2.17. The van der Waals surface area contributed by atoms with Crippen molar-refractivity contribution in [3.63, 3.8) is 0 Å². The Kier molecular flexibility index (Phi) is 9.67. The Morgan fingerprint density at radius 1 is 1.08 bits per heavy atom. The molecule has 5 N–H and O–H groups in total. The van der Waals surface area contributed by atoms with Gasteiger partial charge in [0.1, 0.15) is 13.0 Å². The average molecular weight is 538 g/mol. The second-order valence-electron chi connectivity index (χ2n) is 13.1. The standard InChI is InChI=1S/C28H55N7O3/c1-17-24-18(15-34(5)32-24)13-22(26(17)38-16-37-6)27-30-23-8-7-20(14-21(23)25(31-27)28(36)29-2)35-11-9-19(10-12-35)33(3)4/h17-32,36H,7-16H2,1-6H3. The van der Waals surface area contributed by atoms with Crippen LogP contribution in [0.25, 0.3) is 0 Å². The molecule has 10 heteroatoms. The number of aliphatic hydroxyl groups excluding tert-OH is 1. The second-order valence-corrected chi connectivity index (χ2v) is 13.1. The summed E-state index contributed by atoms with van der Waals surface area (Å²) in [7, 11) is 10.2. The maximum atomic E-state index is 11.2. The lowest BCUT2D eigenvalue weighted by Crippen LogP contribution is -2.73. The summed E-state index contributed by atoms with van der Waals surface area (Å²) in [5.41, 5.74) is 3.68. The summed E-state index contributed by atoms with van der Waals surface area (Å²) in [6.07, 6.45) is 6.76. The van der Waals surface area contributed by atoms with Crippen molar-refractivity contribution >= 4 is 0 Å². The Bertz CT molecular complexity index is 754. The highest BCUT2D eigenvalue weighted by molar-refractivity contribution is 5.07. The molecule has 3 saturated heterocycles. The molecule has 5 rings (SSSR count). The highest BCUT2D eigenvalue weighted by atomic mass is 16.7. The van der Waals surface area contributed by atoms with Crippen LogP contribution < -0.4 is 21.4 Å². The van der Waals surface area contributed by atoms with E-state index < -0.39 is 6.23 Å². The number of methoxy groups -OCH3 is 1. The number of hydrogen-bond donors (Lipinski definition) is 5. The van der Waals surface area contributed by atoms with Gasteiger partial charge in [0, 0.05) is 50.8 Å². The number of rotatable bonds is 8. The minimum absolute atomic E-state index is 0.0128. The molecular weight excluding hydrogens is 482 g/mol. The van der Waals surface area contributed by atoms with E-state index in [-0.39, 0.29) is 18.3 Å². The molecule has 0 aromatic rings. The van der Waals surface area contributed by atoms with Gasteiger partial charge in [0.2, 0.25) is 0 Å². The lowest BCUT2D eigenvalue weighted by Gasteiger charge is -2.55. The molecule has 11 unspecified atom stereocenters. The fourth-order valence-electron chi connectivity index (χ4n) is 8.72. The molecule has 5 fully saturated rings. The normalized spacial score (nSPS) is 44.2. The number of nitrogens with one attached hydrogen (secondary N) is 4. The van der Waals surface area contributed by atoms with E-state index in [0.717, 1.165) is 25.8 Å².